The normalized spacial score (nSPS) is 15.8. The summed E-state index contributed by atoms with van der Waals surface area (Å²) in [6.07, 6.45) is 1.77. The summed E-state index contributed by atoms with van der Waals surface area (Å²) in [7, 11) is 0. The Morgan fingerprint density at radius 2 is 1.94 bits per heavy atom. The van der Waals surface area contributed by atoms with Gasteiger partial charge in [-0.2, -0.15) is 0 Å². The average Bonchev–Trinajstić information content (AvgIpc) is 3.10. The number of fused-ring (bicyclic) bond motifs is 1. The molecule has 170 valence electrons. The van der Waals surface area contributed by atoms with Crippen molar-refractivity contribution in [2.24, 2.45) is 4.99 Å². The Morgan fingerprint density at radius 3 is 2.61 bits per heavy atom. The third-order valence-electron chi connectivity index (χ3n) is 5.19. The number of hydrogen-bond donors (Lipinski definition) is 0. The van der Waals surface area contributed by atoms with E-state index in [1.807, 2.05) is 43.3 Å². The molecule has 1 aromatic heterocycles. The number of aromatic nitrogens is 1. The number of carbonyl (C=O) groups is 1. The summed E-state index contributed by atoms with van der Waals surface area (Å²) in [4.78, 5) is 31.5. The molecule has 33 heavy (non-hydrogen) atoms. The Bertz CT molecular complexity index is 1410. The molecule has 2 heterocycles. The molecule has 8 heteroatoms. The van der Waals surface area contributed by atoms with E-state index in [0.29, 0.717) is 38.0 Å². The molecular formula is C25H23ClN2O4S. The quantitative estimate of drug-likeness (QED) is 0.500. The van der Waals surface area contributed by atoms with Crippen LogP contribution in [0.5, 0.6) is 5.75 Å². The first-order valence-electron chi connectivity index (χ1n) is 10.6. The maximum absolute atomic E-state index is 13.5. The summed E-state index contributed by atoms with van der Waals surface area (Å²) >= 11 is 7.59. The van der Waals surface area contributed by atoms with Crippen LogP contribution < -0.4 is 19.6 Å². The first kappa shape index (κ1) is 23.0. The van der Waals surface area contributed by atoms with Crippen molar-refractivity contribution in [2.45, 2.75) is 26.8 Å². The van der Waals surface area contributed by atoms with E-state index >= 15 is 0 Å². The van der Waals surface area contributed by atoms with Crippen LogP contribution >= 0.6 is 22.9 Å². The van der Waals surface area contributed by atoms with Crippen molar-refractivity contribution in [2.75, 3.05) is 13.2 Å². The number of esters is 1. The standard InChI is InChI=1S/C25H23ClN2O4S/c1-4-31-19-12-11-16(13-18(19)26)14-20-23(29)28-22(17-9-7-6-8-10-17)21(24(30)32-5-2)15(3)27-25(28)33-20/h6-14,22H,4-5H2,1-3H3/b20-14-/t22-/m1/s1. The summed E-state index contributed by atoms with van der Waals surface area (Å²) < 4.78 is 12.9. The van der Waals surface area contributed by atoms with Gasteiger partial charge in [0.05, 0.1) is 40.1 Å². The lowest BCUT2D eigenvalue weighted by Gasteiger charge is -2.24. The van der Waals surface area contributed by atoms with Crippen LogP contribution in [0.2, 0.25) is 5.02 Å². The van der Waals surface area contributed by atoms with Crippen LogP contribution in [0.25, 0.3) is 6.08 Å². The molecule has 1 aliphatic rings. The molecule has 0 radical (unpaired) electrons. The summed E-state index contributed by atoms with van der Waals surface area (Å²) in [5, 5.41) is 0.473. The molecule has 4 rings (SSSR count). The second kappa shape index (κ2) is 9.77. The maximum atomic E-state index is 13.5. The molecule has 0 saturated carbocycles. The number of thiazole rings is 1. The van der Waals surface area contributed by atoms with E-state index in [1.54, 1.807) is 36.6 Å². The van der Waals surface area contributed by atoms with Crippen LogP contribution in [-0.4, -0.2) is 23.8 Å². The summed E-state index contributed by atoms with van der Waals surface area (Å²) in [5.41, 5.74) is 2.26. The summed E-state index contributed by atoms with van der Waals surface area (Å²) in [5.74, 6) is 0.122. The van der Waals surface area contributed by atoms with E-state index in [4.69, 9.17) is 21.1 Å². The van der Waals surface area contributed by atoms with Gasteiger partial charge in [0, 0.05) is 0 Å². The van der Waals surface area contributed by atoms with Gasteiger partial charge in [-0.3, -0.25) is 9.36 Å². The highest BCUT2D eigenvalue weighted by molar-refractivity contribution is 7.07. The monoisotopic (exact) mass is 482 g/mol. The average molecular weight is 483 g/mol. The van der Waals surface area contributed by atoms with Crippen LogP contribution in [0.1, 0.15) is 37.9 Å². The van der Waals surface area contributed by atoms with E-state index < -0.39 is 12.0 Å². The van der Waals surface area contributed by atoms with Crippen LogP contribution in [0.3, 0.4) is 0 Å². The largest absolute Gasteiger partial charge is 0.492 e. The minimum absolute atomic E-state index is 0.230. The van der Waals surface area contributed by atoms with Crippen LogP contribution in [0.4, 0.5) is 0 Å². The third-order valence-corrected chi connectivity index (χ3v) is 6.46. The first-order valence-corrected chi connectivity index (χ1v) is 11.8. The van der Waals surface area contributed by atoms with Crippen molar-refractivity contribution in [3.8, 4) is 5.75 Å². The first-order chi connectivity index (χ1) is 15.9. The Balaban J connectivity index is 1.89. The second-order valence-corrected chi connectivity index (χ2v) is 8.75. The molecule has 0 bridgehead atoms. The highest BCUT2D eigenvalue weighted by Crippen LogP contribution is 2.30. The van der Waals surface area contributed by atoms with Crippen molar-refractivity contribution in [1.82, 2.24) is 4.57 Å². The van der Waals surface area contributed by atoms with E-state index in [1.165, 1.54) is 11.3 Å². The molecule has 0 amide bonds. The number of rotatable bonds is 6. The molecule has 0 fully saturated rings. The Labute approximate surface area is 200 Å². The molecule has 2 aromatic carbocycles. The van der Waals surface area contributed by atoms with E-state index in [-0.39, 0.29) is 12.2 Å². The molecular weight excluding hydrogens is 460 g/mol. The zero-order chi connectivity index (χ0) is 23.5. The molecule has 0 N–H and O–H groups in total. The lowest BCUT2D eigenvalue weighted by molar-refractivity contribution is -0.139. The van der Waals surface area contributed by atoms with Crippen molar-refractivity contribution < 1.29 is 14.3 Å². The fraction of sp³-hybridized carbons (Fsp3) is 0.240. The number of hydrogen-bond acceptors (Lipinski definition) is 6. The molecule has 1 atom stereocenters. The minimum atomic E-state index is -0.618. The summed E-state index contributed by atoms with van der Waals surface area (Å²) in [6.45, 7) is 6.16. The maximum Gasteiger partial charge on any atom is 0.338 e. The van der Waals surface area contributed by atoms with Gasteiger partial charge in [-0.25, -0.2) is 9.79 Å². The molecule has 3 aromatic rings. The third kappa shape index (κ3) is 4.51. The number of carbonyl (C=O) groups excluding carboxylic acids is 1. The number of halogens is 1. The smallest absolute Gasteiger partial charge is 0.338 e. The number of allylic oxidation sites excluding steroid dienone is 1. The minimum Gasteiger partial charge on any atom is -0.492 e. The molecule has 0 spiro atoms. The van der Waals surface area contributed by atoms with Gasteiger partial charge in [0.25, 0.3) is 5.56 Å². The van der Waals surface area contributed by atoms with Crippen molar-refractivity contribution in [3.63, 3.8) is 0 Å². The van der Waals surface area contributed by atoms with Crippen molar-refractivity contribution in [1.29, 1.82) is 0 Å². The van der Waals surface area contributed by atoms with Gasteiger partial charge < -0.3 is 9.47 Å². The number of nitrogens with zero attached hydrogens (tertiary/aromatic N) is 2. The predicted molar refractivity (Wildman–Crippen MR) is 129 cm³/mol. The highest BCUT2D eigenvalue weighted by atomic mass is 35.5. The van der Waals surface area contributed by atoms with Gasteiger partial charge in [-0.15, -0.1) is 0 Å². The summed E-state index contributed by atoms with van der Waals surface area (Å²) in [6, 6.07) is 14.2. The molecule has 0 aliphatic carbocycles. The van der Waals surface area contributed by atoms with Gasteiger partial charge >= 0.3 is 5.97 Å². The Kier molecular flexibility index (Phi) is 6.81. The van der Waals surface area contributed by atoms with E-state index in [0.717, 1.165) is 11.1 Å². The molecule has 0 saturated heterocycles. The van der Waals surface area contributed by atoms with E-state index in [9.17, 15) is 9.59 Å². The molecule has 6 nitrogen and oxygen atoms in total. The van der Waals surface area contributed by atoms with Gasteiger partial charge in [0.15, 0.2) is 4.80 Å². The topological polar surface area (TPSA) is 69.9 Å². The van der Waals surface area contributed by atoms with Gasteiger partial charge in [-0.1, -0.05) is 59.3 Å². The van der Waals surface area contributed by atoms with Crippen LogP contribution in [0.15, 0.2) is 69.6 Å². The molecule has 0 unspecified atom stereocenters. The van der Waals surface area contributed by atoms with Gasteiger partial charge in [0.2, 0.25) is 0 Å². The Hall–Kier alpha value is -3.16. The Morgan fingerprint density at radius 1 is 1.18 bits per heavy atom. The van der Waals surface area contributed by atoms with Crippen LogP contribution in [-0.2, 0) is 9.53 Å². The molecule has 1 aliphatic heterocycles. The number of ether oxygens (including phenoxy) is 2. The fourth-order valence-electron chi connectivity index (χ4n) is 3.77. The lowest BCUT2D eigenvalue weighted by atomic mass is 9.96. The SMILES string of the molecule is CCOC(=O)C1=C(C)N=c2s/c(=C\c3ccc(OCC)c(Cl)c3)c(=O)n2[C@@H]1c1ccccc1. The highest BCUT2D eigenvalue weighted by Gasteiger charge is 2.33. The lowest BCUT2D eigenvalue weighted by Crippen LogP contribution is -2.39. The second-order valence-electron chi connectivity index (χ2n) is 7.34. The van der Waals surface area contributed by atoms with Crippen molar-refractivity contribution in [3.05, 3.63) is 95.6 Å². The van der Waals surface area contributed by atoms with Gasteiger partial charge in [-0.05, 0) is 50.1 Å². The van der Waals surface area contributed by atoms with E-state index in [2.05, 4.69) is 4.99 Å². The zero-order valence-corrected chi connectivity index (χ0v) is 20.1. The van der Waals surface area contributed by atoms with Crippen molar-refractivity contribution >= 4 is 35.0 Å². The predicted octanol–water partition coefficient (Wildman–Crippen LogP) is 3.85. The number of benzene rings is 2. The zero-order valence-electron chi connectivity index (χ0n) is 18.5. The van der Waals surface area contributed by atoms with Crippen LogP contribution in [0, 0.1) is 0 Å². The van der Waals surface area contributed by atoms with Gasteiger partial charge in [0.1, 0.15) is 5.75 Å². The fourth-order valence-corrected chi connectivity index (χ4v) is 5.06.